The normalized spacial score (nSPS) is 16.0. The second kappa shape index (κ2) is 4.71. The van der Waals surface area contributed by atoms with Gasteiger partial charge < -0.3 is 0 Å². The summed E-state index contributed by atoms with van der Waals surface area (Å²) in [5.41, 5.74) is 5.68. The summed E-state index contributed by atoms with van der Waals surface area (Å²) in [4.78, 5) is 1.43. The summed E-state index contributed by atoms with van der Waals surface area (Å²) >= 11 is 1.85. The Morgan fingerprint density at radius 2 is 1.19 bits per heavy atom. The largest absolute Gasteiger partial charge is 0.148 e. The lowest BCUT2D eigenvalue weighted by Gasteiger charge is -2.12. The Labute approximate surface area is 129 Å². The lowest BCUT2D eigenvalue weighted by molar-refractivity contribution is 0.923. The SMILES string of the molecule is CC1(c2cccs2)C(c2ccccc2)=C1c1ccccc1. The molecular formula is C20H16S. The predicted molar refractivity (Wildman–Crippen MR) is 91.4 cm³/mol. The van der Waals surface area contributed by atoms with Crippen LogP contribution in [0.3, 0.4) is 0 Å². The fourth-order valence-corrected chi connectivity index (χ4v) is 4.16. The molecule has 0 unspecified atom stereocenters. The molecule has 0 atom stereocenters. The van der Waals surface area contributed by atoms with Gasteiger partial charge in [-0.1, -0.05) is 66.7 Å². The van der Waals surface area contributed by atoms with Gasteiger partial charge in [0.1, 0.15) is 0 Å². The number of hydrogen-bond acceptors (Lipinski definition) is 1. The molecule has 4 rings (SSSR count). The van der Waals surface area contributed by atoms with Gasteiger partial charge >= 0.3 is 0 Å². The van der Waals surface area contributed by atoms with Gasteiger partial charge in [-0.2, -0.15) is 0 Å². The molecule has 0 N–H and O–H groups in total. The third-order valence-corrected chi connectivity index (χ3v) is 5.42. The predicted octanol–water partition coefficient (Wildman–Crippen LogP) is 5.63. The van der Waals surface area contributed by atoms with Crippen LogP contribution in [0, 0.1) is 0 Å². The molecule has 1 aliphatic carbocycles. The summed E-state index contributed by atoms with van der Waals surface area (Å²) in [7, 11) is 0. The van der Waals surface area contributed by atoms with Gasteiger partial charge in [0.2, 0.25) is 0 Å². The van der Waals surface area contributed by atoms with Gasteiger partial charge in [0, 0.05) is 4.88 Å². The van der Waals surface area contributed by atoms with E-state index < -0.39 is 0 Å². The molecule has 0 aliphatic heterocycles. The molecule has 21 heavy (non-hydrogen) atoms. The summed E-state index contributed by atoms with van der Waals surface area (Å²) < 4.78 is 0. The van der Waals surface area contributed by atoms with Gasteiger partial charge in [0.25, 0.3) is 0 Å². The van der Waals surface area contributed by atoms with Crippen LogP contribution in [0.4, 0.5) is 0 Å². The van der Waals surface area contributed by atoms with Crippen LogP contribution < -0.4 is 0 Å². The van der Waals surface area contributed by atoms with Crippen LogP contribution in [0.1, 0.15) is 22.9 Å². The second-order valence-electron chi connectivity index (χ2n) is 5.58. The third kappa shape index (κ3) is 1.89. The summed E-state index contributed by atoms with van der Waals surface area (Å²) in [5.74, 6) is 0. The first-order valence-corrected chi connectivity index (χ1v) is 8.10. The fraction of sp³-hybridized carbons (Fsp3) is 0.100. The van der Waals surface area contributed by atoms with Crippen LogP contribution in [0.15, 0.2) is 78.2 Å². The van der Waals surface area contributed by atoms with Crippen LogP contribution in [0.2, 0.25) is 0 Å². The van der Waals surface area contributed by atoms with E-state index in [2.05, 4.69) is 85.1 Å². The standard InChI is InChI=1S/C20H16S/c1-20(17-13-8-14-21-17)18(15-9-4-2-5-10-15)19(20)16-11-6-3-7-12-16/h2-14H,1H3. The van der Waals surface area contributed by atoms with Crippen molar-refractivity contribution in [1.29, 1.82) is 0 Å². The van der Waals surface area contributed by atoms with E-state index in [1.165, 1.54) is 27.2 Å². The van der Waals surface area contributed by atoms with Crippen molar-refractivity contribution in [2.45, 2.75) is 12.3 Å². The van der Waals surface area contributed by atoms with Crippen molar-refractivity contribution in [3.8, 4) is 0 Å². The molecule has 3 aromatic rings. The van der Waals surface area contributed by atoms with Crippen molar-refractivity contribution < 1.29 is 0 Å². The minimum atomic E-state index is 0.0663. The van der Waals surface area contributed by atoms with Crippen molar-refractivity contribution in [2.75, 3.05) is 0 Å². The molecule has 1 heteroatoms. The van der Waals surface area contributed by atoms with E-state index >= 15 is 0 Å². The van der Waals surface area contributed by atoms with Crippen molar-refractivity contribution in [1.82, 2.24) is 0 Å². The maximum absolute atomic E-state index is 2.35. The molecule has 0 spiro atoms. The minimum absolute atomic E-state index is 0.0663. The number of thiophene rings is 1. The monoisotopic (exact) mass is 288 g/mol. The summed E-state index contributed by atoms with van der Waals surface area (Å²) in [5, 5.41) is 2.17. The maximum Gasteiger partial charge on any atom is 0.0535 e. The van der Waals surface area contributed by atoms with Gasteiger partial charge in [-0.3, -0.25) is 0 Å². The Hall–Kier alpha value is -2.12. The first kappa shape index (κ1) is 12.6. The highest BCUT2D eigenvalue weighted by molar-refractivity contribution is 7.10. The topological polar surface area (TPSA) is 0 Å². The van der Waals surface area contributed by atoms with E-state index in [4.69, 9.17) is 0 Å². The third-order valence-electron chi connectivity index (χ3n) is 4.33. The average Bonchev–Trinajstić information content (AvgIpc) is 2.91. The molecule has 0 amide bonds. The Kier molecular flexibility index (Phi) is 2.83. The lowest BCUT2D eigenvalue weighted by Crippen LogP contribution is -2.05. The highest BCUT2D eigenvalue weighted by Gasteiger charge is 2.52. The summed E-state index contributed by atoms with van der Waals surface area (Å²) in [6.07, 6.45) is 0. The van der Waals surface area contributed by atoms with Crippen LogP contribution in [0.25, 0.3) is 11.1 Å². The molecule has 0 saturated carbocycles. The van der Waals surface area contributed by atoms with Gasteiger partial charge in [0.15, 0.2) is 0 Å². The quantitative estimate of drug-likeness (QED) is 0.586. The molecule has 0 radical (unpaired) electrons. The van der Waals surface area contributed by atoms with Crippen molar-refractivity contribution in [3.05, 3.63) is 94.2 Å². The van der Waals surface area contributed by atoms with Crippen molar-refractivity contribution >= 4 is 22.5 Å². The van der Waals surface area contributed by atoms with Gasteiger partial charge in [0.05, 0.1) is 5.41 Å². The molecule has 102 valence electrons. The number of hydrogen-bond donors (Lipinski definition) is 0. The van der Waals surface area contributed by atoms with Gasteiger partial charge in [-0.25, -0.2) is 0 Å². The van der Waals surface area contributed by atoms with E-state index in [1.807, 2.05) is 11.3 Å². The smallest absolute Gasteiger partial charge is 0.0535 e. The highest BCUT2D eigenvalue weighted by atomic mass is 32.1. The molecule has 1 heterocycles. The first-order chi connectivity index (χ1) is 10.3. The minimum Gasteiger partial charge on any atom is -0.148 e. The second-order valence-corrected chi connectivity index (χ2v) is 6.53. The zero-order chi connectivity index (χ0) is 14.3. The first-order valence-electron chi connectivity index (χ1n) is 7.22. The van der Waals surface area contributed by atoms with Crippen LogP contribution in [-0.4, -0.2) is 0 Å². The Morgan fingerprint density at radius 1 is 0.667 bits per heavy atom. The zero-order valence-electron chi connectivity index (χ0n) is 11.9. The van der Waals surface area contributed by atoms with E-state index in [0.29, 0.717) is 0 Å². The lowest BCUT2D eigenvalue weighted by atomic mass is 9.93. The Bertz CT molecular complexity index is 731. The van der Waals surface area contributed by atoms with Gasteiger partial charge in [-0.05, 0) is 40.6 Å². The van der Waals surface area contributed by atoms with E-state index in [-0.39, 0.29) is 5.41 Å². The molecule has 2 aromatic carbocycles. The molecule has 0 saturated heterocycles. The molecule has 1 aliphatic rings. The van der Waals surface area contributed by atoms with Crippen LogP contribution >= 0.6 is 11.3 Å². The number of rotatable bonds is 3. The van der Waals surface area contributed by atoms with Crippen LogP contribution in [-0.2, 0) is 5.41 Å². The summed E-state index contributed by atoms with van der Waals surface area (Å²) in [6, 6.07) is 25.9. The molecular weight excluding hydrogens is 272 g/mol. The fourth-order valence-electron chi connectivity index (χ4n) is 3.26. The van der Waals surface area contributed by atoms with Gasteiger partial charge in [-0.15, -0.1) is 11.3 Å². The van der Waals surface area contributed by atoms with Crippen molar-refractivity contribution in [2.24, 2.45) is 0 Å². The van der Waals surface area contributed by atoms with E-state index in [9.17, 15) is 0 Å². The Balaban J connectivity index is 1.88. The number of allylic oxidation sites excluding steroid dienone is 2. The van der Waals surface area contributed by atoms with Crippen LogP contribution in [0.5, 0.6) is 0 Å². The maximum atomic E-state index is 2.35. The molecule has 1 aromatic heterocycles. The van der Waals surface area contributed by atoms with Crippen molar-refractivity contribution in [3.63, 3.8) is 0 Å². The molecule has 0 fully saturated rings. The van der Waals surface area contributed by atoms with E-state index in [0.717, 1.165) is 0 Å². The highest BCUT2D eigenvalue weighted by Crippen LogP contribution is 2.64. The summed E-state index contributed by atoms with van der Waals surface area (Å²) in [6.45, 7) is 2.35. The molecule has 0 bridgehead atoms. The Morgan fingerprint density at radius 3 is 1.62 bits per heavy atom. The number of benzene rings is 2. The zero-order valence-corrected chi connectivity index (χ0v) is 12.7. The average molecular weight is 288 g/mol. The molecule has 0 nitrogen and oxygen atoms in total. The van der Waals surface area contributed by atoms with E-state index in [1.54, 1.807) is 0 Å².